The maximum atomic E-state index is 11.9. The summed E-state index contributed by atoms with van der Waals surface area (Å²) in [6.07, 6.45) is 2.45. The van der Waals surface area contributed by atoms with Crippen LogP contribution in [0.25, 0.3) is 0 Å². The molecule has 0 unspecified atom stereocenters. The van der Waals surface area contributed by atoms with Crippen LogP contribution in [0.4, 0.5) is 0 Å². The van der Waals surface area contributed by atoms with E-state index in [1.165, 1.54) is 0 Å². The number of sulfonamides is 1. The summed E-state index contributed by atoms with van der Waals surface area (Å²) in [7, 11) is -3.02. The number of thiazole rings is 1. The van der Waals surface area contributed by atoms with Crippen molar-refractivity contribution >= 4 is 21.4 Å². The van der Waals surface area contributed by atoms with Crippen molar-refractivity contribution in [3.8, 4) is 0 Å². The van der Waals surface area contributed by atoms with E-state index in [1.54, 1.807) is 15.6 Å². The van der Waals surface area contributed by atoms with Gasteiger partial charge in [0, 0.05) is 31.1 Å². The molecule has 7 heteroatoms. The van der Waals surface area contributed by atoms with Crippen molar-refractivity contribution in [2.45, 2.75) is 38.8 Å². The topological polar surface area (TPSA) is 62.3 Å². The minimum Gasteiger partial charge on any atom is -0.308 e. The van der Waals surface area contributed by atoms with Crippen molar-refractivity contribution in [1.29, 1.82) is 0 Å². The van der Waals surface area contributed by atoms with Crippen LogP contribution in [0.3, 0.4) is 0 Å². The van der Waals surface area contributed by atoms with E-state index in [2.05, 4.69) is 10.3 Å². The van der Waals surface area contributed by atoms with Crippen LogP contribution in [0.5, 0.6) is 0 Å². The zero-order valence-electron chi connectivity index (χ0n) is 11.2. The van der Waals surface area contributed by atoms with Crippen LogP contribution in [0.1, 0.15) is 31.9 Å². The summed E-state index contributed by atoms with van der Waals surface area (Å²) in [5, 5.41) is 5.49. The molecule has 0 radical (unpaired) electrons. The summed E-state index contributed by atoms with van der Waals surface area (Å²) in [6.45, 7) is 3.95. The van der Waals surface area contributed by atoms with Crippen LogP contribution in [0.15, 0.2) is 10.9 Å². The second-order valence-electron chi connectivity index (χ2n) is 4.85. The fraction of sp³-hybridized carbons (Fsp3) is 0.750. The van der Waals surface area contributed by atoms with Gasteiger partial charge in [0.15, 0.2) is 0 Å². The van der Waals surface area contributed by atoms with Gasteiger partial charge >= 0.3 is 0 Å². The van der Waals surface area contributed by atoms with Crippen LogP contribution >= 0.6 is 11.3 Å². The van der Waals surface area contributed by atoms with Gasteiger partial charge in [-0.05, 0) is 19.3 Å². The van der Waals surface area contributed by atoms with Crippen LogP contribution in [0, 0.1) is 0 Å². The zero-order chi connectivity index (χ0) is 13.7. The van der Waals surface area contributed by atoms with Crippen LogP contribution in [-0.2, 0) is 16.6 Å². The minimum absolute atomic E-state index is 0.268. The lowest BCUT2D eigenvalue weighted by molar-refractivity contribution is 0.288. The largest absolute Gasteiger partial charge is 0.308 e. The van der Waals surface area contributed by atoms with E-state index in [0.717, 1.165) is 25.1 Å². The summed E-state index contributed by atoms with van der Waals surface area (Å²) in [5.41, 5.74) is 2.89. The lowest BCUT2D eigenvalue weighted by Crippen LogP contribution is -2.45. The average molecular weight is 303 g/mol. The van der Waals surface area contributed by atoms with Crippen LogP contribution in [-0.4, -0.2) is 42.6 Å². The molecule has 1 N–H and O–H groups in total. The summed E-state index contributed by atoms with van der Waals surface area (Å²) in [5.74, 6) is 0.268. The van der Waals surface area contributed by atoms with Crippen molar-refractivity contribution in [3.63, 3.8) is 0 Å². The Bertz CT molecular complexity index is 465. The van der Waals surface area contributed by atoms with E-state index >= 15 is 0 Å². The van der Waals surface area contributed by atoms with Gasteiger partial charge in [-0.25, -0.2) is 17.7 Å². The van der Waals surface area contributed by atoms with Crippen LogP contribution in [0.2, 0.25) is 0 Å². The number of piperidine rings is 1. The van der Waals surface area contributed by atoms with E-state index in [1.807, 2.05) is 17.8 Å². The smallest absolute Gasteiger partial charge is 0.214 e. The van der Waals surface area contributed by atoms with Gasteiger partial charge in [-0.2, -0.15) is 0 Å². The maximum Gasteiger partial charge on any atom is 0.214 e. The Labute approximate surface area is 119 Å². The second kappa shape index (κ2) is 6.78. The normalized spacial score (nSPS) is 18.8. The molecule has 0 amide bonds. The molecule has 0 atom stereocenters. The molecule has 1 saturated heterocycles. The molecule has 0 aliphatic carbocycles. The van der Waals surface area contributed by atoms with E-state index in [4.69, 9.17) is 0 Å². The first-order valence-corrected chi connectivity index (χ1v) is 9.25. The van der Waals surface area contributed by atoms with Gasteiger partial charge in [0.2, 0.25) is 10.0 Å². The van der Waals surface area contributed by atoms with Crippen molar-refractivity contribution in [3.05, 3.63) is 16.6 Å². The van der Waals surface area contributed by atoms with Gasteiger partial charge in [-0.15, -0.1) is 11.3 Å². The Morgan fingerprint density at radius 1 is 1.47 bits per heavy atom. The van der Waals surface area contributed by atoms with E-state index in [-0.39, 0.29) is 5.75 Å². The molecule has 0 aromatic carbocycles. The molecule has 1 aliphatic heterocycles. The quantitative estimate of drug-likeness (QED) is 0.864. The minimum atomic E-state index is -3.02. The Morgan fingerprint density at radius 3 is 2.79 bits per heavy atom. The monoisotopic (exact) mass is 303 g/mol. The highest BCUT2D eigenvalue weighted by atomic mass is 32.2. The van der Waals surface area contributed by atoms with Crippen molar-refractivity contribution in [2.24, 2.45) is 0 Å². The molecular formula is C12H21N3O2S2. The van der Waals surface area contributed by atoms with Gasteiger partial charge in [0.25, 0.3) is 0 Å². The number of nitrogens with one attached hydrogen (secondary N) is 1. The lowest BCUT2D eigenvalue weighted by Gasteiger charge is -2.31. The van der Waals surface area contributed by atoms with Gasteiger partial charge in [-0.3, -0.25) is 0 Å². The first kappa shape index (κ1) is 14.9. The molecule has 0 spiro atoms. The highest BCUT2D eigenvalue weighted by molar-refractivity contribution is 7.89. The molecule has 2 rings (SSSR count). The molecule has 5 nitrogen and oxygen atoms in total. The Balaban J connectivity index is 1.76. The molecule has 19 heavy (non-hydrogen) atoms. The summed E-state index contributed by atoms with van der Waals surface area (Å²) < 4.78 is 25.5. The SMILES string of the molecule is CCCS(=O)(=O)N1CCC(NCc2cscn2)CC1. The Kier molecular flexibility index (Phi) is 5.32. The molecule has 1 fully saturated rings. The first-order chi connectivity index (χ1) is 9.12. The molecule has 1 aromatic heterocycles. The third-order valence-electron chi connectivity index (χ3n) is 3.36. The maximum absolute atomic E-state index is 11.9. The summed E-state index contributed by atoms with van der Waals surface area (Å²) in [4.78, 5) is 4.23. The second-order valence-corrected chi connectivity index (χ2v) is 7.66. The predicted octanol–water partition coefficient (Wildman–Crippen LogP) is 1.44. The molecule has 0 bridgehead atoms. The molecule has 1 aliphatic rings. The lowest BCUT2D eigenvalue weighted by atomic mass is 10.1. The predicted molar refractivity (Wildman–Crippen MR) is 77.6 cm³/mol. The molecule has 2 heterocycles. The highest BCUT2D eigenvalue weighted by Crippen LogP contribution is 2.15. The third kappa shape index (κ3) is 4.24. The van der Waals surface area contributed by atoms with Gasteiger partial charge < -0.3 is 5.32 Å². The molecule has 108 valence electrons. The van der Waals surface area contributed by atoms with E-state index in [9.17, 15) is 8.42 Å². The van der Waals surface area contributed by atoms with E-state index < -0.39 is 10.0 Å². The number of rotatable bonds is 6. The molecular weight excluding hydrogens is 282 g/mol. The van der Waals surface area contributed by atoms with Crippen molar-refractivity contribution < 1.29 is 8.42 Å². The van der Waals surface area contributed by atoms with Crippen molar-refractivity contribution in [1.82, 2.24) is 14.6 Å². The average Bonchev–Trinajstić information content (AvgIpc) is 2.90. The molecule has 0 saturated carbocycles. The van der Waals surface area contributed by atoms with Gasteiger partial charge in [-0.1, -0.05) is 6.92 Å². The standard InChI is InChI=1S/C12H21N3O2S2/c1-2-7-19(16,17)15-5-3-11(4-6-15)13-8-12-9-18-10-14-12/h9-11,13H,2-8H2,1H3. The highest BCUT2D eigenvalue weighted by Gasteiger charge is 2.26. The number of nitrogens with zero attached hydrogens (tertiary/aromatic N) is 2. The van der Waals surface area contributed by atoms with Gasteiger partial charge in [0.1, 0.15) is 0 Å². The van der Waals surface area contributed by atoms with Crippen molar-refractivity contribution in [2.75, 3.05) is 18.8 Å². The number of hydrogen-bond acceptors (Lipinski definition) is 5. The summed E-state index contributed by atoms with van der Waals surface area (Å²) in [6, 6.07) is 0.398. The fourth-order valence-corrected chi connectivity index (χ4v) is 4.40. The Morgan fingerprint density at radius 2 is 2.21 bits per heavy atom. The third-order valence-corrected chi connectivity index (χ3v) is 6.08. The van der Waals surface area contributed by atoms with E-state index in [0.29, 0.717) is 25.6 Å². The molecule has 1 aromatic rings. The fourth-order valence-electron chi connectivity index (χ4n) is 2.30. The van der Waals surface area contributed by atoms with Crippen LogP contribution < -0.4 is 5.32 Å². The number of aromatic nitrogens is 1. The van der Waals surface area contributed by atoms with Gasteiger partial charge in [0.05, 0.1) is 17.0 Å². The zero-order valence-corrected chi connectivity index (χ0v) is 12.8. The first-order valence-electron chi connectivity index (χ1n) is 6.70. The summed E-state index contributed by atoms with van der Waals surface area (Å²) >= 11 is 1.60. The number of hydrogen-bond donors (Lipinski definition) is 1. The Hall–Kier alpha value is -0.500.